The van der Waals surface area contributed by atoms with Gasteiger partial charge in [0.15, 0.2) is 0 Å². The Hall–Kier alpha value is -1.55. The van der Waals surface area contributed by atoms with E-state index in [0.29, 0.717) is 12.3 Å². The number of hydrogen-bond donors (Lipinski definition) is 2. The monoisotopic (exact) mass is 251 g/mol. The smallest absolute Gasteiger partial charge is 0.346 e. The van der Waals surface area contributed by atoms with Crippen molar-refractivity contribution in [3.05, 3.63) is 29.3 Å². The molecule has 0 spiro atoms. The molecule has 18 heavy (non-hydrogen) atoms. The Morgan fingerprint density at radius 1 is 1.39 bits per heavy atom. The maximum absolute atomic E-state index is 11.1. The van der Waals surface area contributed by atoms with E-state index < -0.39 is 12.1 Å². The lowest BCUT2D eigenvalue weighted by Crippen LogP contribution is -2.40. The van der Waals surface area contributed by atoms with E-state index in [4.69, 9.17) is 9.84 Å². The topological polar surface area (TPSA) is 58.6 Å². The van der Waals surface area contributed by atoms with Gasteiger partial charge in [0.2, 0.25) is 6.10 Å². The average molecular weight is 251 g/mol. The van der Waals surface area contributed by atoms with Crippen LogP contribution in [0.1, 0.15) is 25.0 Å². The zero-order valence-corrected chi connectivity index (χ0v) is 11.4. The zero-order valence-electron chi connectivity index (χ0n) is 11.4. The van der Waals surface area contributed by atoms with E-state index in [2.05, 4.69) is 5.32 Å². The van der Waals surface area contributed by atoms with Crippen LogP contribution in [0.3, 0.4) is 0 Å². The van der Waals surface area contributed by atoms with Crippen LogP contribution >= 0.6 is 0 Å². The highest BCUT2D eigenvalue weighted by atomic mass is 16.5. The van der Waals surface area contributed by atoms with Gasteiger partial charge in [-0.1, -0.05) is 26.0 Å². The molecule has 1 aromatic carbocycles. The number of benzene rings is 1. The summed E-state index contributed by atoms with van der Waals surface area (Å²) in [5.74, 6) is -0.322. The number of aliphatic carboxylic acids is 1. The SMILES string of the molecule is Cc1cccc(OC(CNC(C)C)C(=O)O)c1C. The lowest BCUT2D eigenvalue weighted by molar-refractivity contribution is -0.144. The van der Waals surface area contributed by atoms with Crippen LogP contribution in [0.15, 0.2) is 18.2 Å². The van der Waals surface area contributed by atoms with Crippen LogP contribution in [0.4, 0.5) is 0 Å². The molecule has 1 unspecified atom stereocenters. The van der Waals surface area contributed by atoms with Gasteiger partial charge in [-0.15, -0.1) is 0 Å². The van der Waals surface area contributed by atoms with Crippen molar-refractivity contribution >= 4 is 5.97 Å². The fraction of sp³-hybridized carbons (Fsp3) is 0.500. The molecule has 0 heterocycles. The highest BCUT2D eigenvalue weighted by Crippen LogP contribution is 2.21. The molecule has 0 aromatic heterocycles. The lowest BCUT2D eigenvalue weighted by Gasteiger charge is -2.19. The van der Waals surface area contributed by atoms with Gasteiger partial charge in [-0.2, -0.15) is 0 Å². The third-order valence-electron chi connectivity index (χ3n) is 2.81. The van der Waals surface area contributed by atoms with Crippen LogP contribution in [-0.2, 0) is 4.79 Å². The van der Waals surface area contributed by atoms with Crippen molar-refractivity contribution in [2.45, 2.75) is 39.8 Å². The first-order valence-electron chi connectivity index (χ1n) is 6.11. The van der Waals surface area contributed by atoms with E-state index in [0.717, 1.165) is 11.1 Å². The second-order valence-electron chi connectivity index (χ2n) is 4.71. The molecule has 0 saturated heterocycles. The largest absolute Gasteiger partial charge is 0.478 e. The minimum atomic E-state index is -0.955. The summed E-state index contributed by atoms with van der Waals surface area (Å²) in [5, 5.41) is 12.2. The summed E-state index contributed by atoms with van der Waals surface area (Å²) in [5.41, 5.74) is 2.07. The molecular weight excluding hydrogens is 230 g/mol. The number of carbonyl (C=O) groups is 1. The number of nitrogens with one attached hydrogen (secondary N) is 1. The van der Waals surface area contributed by atoms with Crippen LogP contribution < -0.4 is 10.1 Å². The molecule has 2 N–H and O–H groups in total. The molecule has 0 bridgehead atoms. The summed E-state index contributed by atoms with van der Waals surface area (Å²) < 4.78 is 5.58. The third-order valence-corrected chi connectivity index (χ3v) is 2.81. The fourth-order valence-electron chi connectivity index (χ4n) is 1.53. The van der Waals surface area contributed by atoms with Gasteiger partial charge < -0.3 is 15.2 Å². The fourth-order valence-corrected chi connectivity index (χ4v) is 1.53. The minimum Gasteiger partial charge on any atom is -0.478 e. The molecular formula is C14H21NO3. The van der Waals surface area contributed by atoms with E-state index in [1.165, 1.54) is 0 Å². The molecule has 0 radical (unpaired) electrons. The number of hydrogen-bond acceptors (Lipinski definition) is 3. The van der Waals surface area contributed by atoms with Crippen molar-refractivity contribution in [3.63, 3.8) is 0 Å². The summed E-state index contributed by atoms with van der Waals surface area (Å²) >= 11 is 0. The van der Waals surface area contributed by atoms with Crippen LogP contribution in [0.25, 0.3) is 0 Å². The Morgan fingerprint density at radius 2 is 2.06 bits per heavy atom. The van der Waals surface area contributed by atoms with E-state index >= 15 is 0 Å². The Kier molecular flexibility index (Phi) is 5.16. The van der Waals surface area contributed by atoms with Crippen LogP contribution in [0.2, 0.25) is 0 Å². The second-order valence-corrected chi connectivity index (χ2v) is 4.71. The van der Waals surface area contributed by atoms with Crippen LogP contribution in [0, 0.1) is 13.8 Å². The van der Waals surface area contributed by atoms with Crippen molar-refractivity contribution in [2.24, 2.45) is 0 Å². The van der Waals surface area contributed by atoms with Crippen LogP contribution in [-0.4, -0.2) is 29.8 Å². The highest BCUT2D eigenvalue weighted by Gasteiger charge is 2.20. The van der Waals surface area contributed by atoms with Crippen LogP contribution in [0.5, 0.6) is 5.75 Å². The number of aryl methyl sites for hydroxylation is 1. The number of carboxylic acids is 1. The summed E-state index contributed by atoms with van der Waals surface area (Å²) in [6, 6.07) is 5.87. The standard InChI is InChI=1S/C14H21NO3/c1-9(2)15-8-13(14(16)17)18-12-7-5-6-10(3)11(12)4/h5-7,9,13,15H,8H2,1-4H3,(H,16,17). The normalized spacial score (nSPS) is 12.5. The minimum absolute atomic E-state index is 0.231. The predicted octanol–water partition coefficient (Wildman–Crippen LogP) is 2.13. The van der Waals surface area contributed by atoms with Gasteiger partial charge in [0.1, 0.15) is 5.75 Å². The van der Waals surface area contributed by atoms with Crippen molar-refractivity contribution in [3.8, 4) is 5.75 Å². The maximum Gasteiger partial charge on any atom is 0.346 e. The van der Waals surface area contributed by atoms with Gasteiger partial charge in [0, 0.05) is 12.6 Å². The lowest BCUT2D eigenvalue weighted by atomic mass is 10.1. The van der Waals surface area contributed by atoms with E-state index in [1.54, 1.807) is 6.07 Å². The van der Waals surface area contributed by atoms with Gasteiger partial charge in [-0.3, -0.25) is 0 Å². The Bertz CT molecular complexity index is 416. The third kappa shape index (κ3) is 4.04. The summed E-state index contributed by atoms with van der Waals surface area (Å²) in [6.07, 6.45) is -0.868. The van der Waals surface area contributed by atoms with Crippen molar-refractivity contribution in [1.82, 2.24) is 5.32 Å². The first kappa shape index (κ1) is 14.5. The molecule has 0 saturated carbocycles. The van der Waals surface area contributed by atoms with E-state index in [9.17, 15) is 4.79 Å². The molecule has 0 amide bonds. The molecule has 1 atom stereocenters. The molecule has 0 aliphatic rings. The molecule has 0 aliphatic carbocycles. The quantitative estimate of drug-likeness (QED) is 0.813. The average Bonchev–Trinajstić information content (AvgIpc) is 2.29. The molecule has 0 fully saturated rings. The Labute approximate surface area is 108 Å². The number of rotatable bonds is 6. The highest BCUT2D eigenvalue weighted by molar-refractivity contribution is 5.73. The van der Waals surface area contributed by atoms with Gasteiger partial charge in [0.25, 0.3) is 0 Å². The molecule has 4 nitrogen and oxygen atoms in total. The number of ether oxygens (including phenoxy) is 1. The maximum atomic E-state index is 11.1. The summed E-state index contributed by atoms with van der Waals surface area (Å²) in [7, 11) is 0. The first-order valence-corrected chi connectivity index (χ1v) is 6.11. The first-order chi connectivity index (χ1) is 8.41. The molecule has 4 heteroatoms. The van der Waals surface area contributed by atoms with Crippen molar-refractivity contribution < 1.29 is 14.6 Å². The summed E-state index contributed by atoms with van der Waals surface area (Å²) in [4.78, 5) is 11.1. The second kappa shape index (κ2) is 6.40. The molecule has 100 valence electrons. The molecule has 1 rings (SSSR count). The van der Waals surface area contributed by atoms with Gasteiger partial charge in [0.05, 0.1) is 0 Å². The van der Waals surface area contributed by atoms with Crippen molar-refractivity contribution in [1.29, 1.82) is 0 Å². The molecule has 1 aromatic rings. The Morgan fingerprint density at radius 3 is 2.61 bits per heavy atom. The van der Waals surface area contributed by atoms with Crippen molar-refractivity contribution in [2.75, 3.05) is 6.54 Å². The molecule has 0 aliphatic heterocycles. The summed E-state index contributed by atoms with van der Waals surface area (Å²) in [6.45, 7) is 8.14. The van der Waals surface area contributed by atoms with Gasteiger partial charge >= 0.3 is 5.97 Å². The number of carboxylic acid groups (broad SMARTS) is 1. The van der Waals surface area contributed by atoms with E-state index in [1.807, 2.05) is 39.8 Å². The van der Waals surface area contributed by atoms with E-state index in [-0.39, 0.29) is 6.04 Å². The predicted molar refractivity (Wildman–Crippen MR) is 71.1 cm³/mol. The zero-order chi connectivity index (χ0) is 13.7. The van der Waals surface area contributed by atoms with Gasteiger partial charge in [-0.05, 0) is 31.0 Å². The Balaban J connectivity index is 2.77. The van der Waals surface area contributed by atoms with Gasteiger partial charge in [-0.25, -0.2) is 4.79 Å².